The number of fused-ring (bicyclic) bond motifs is 2. The van der Waals surface area contributed by atoms with E-state index in [2.05, 4.69) is 0 Å². The molecular formula is C12H13N3O6. The quantitative estimate of drug-likeness (QED) is 0.677. The zero-order valence-electron chi connectivity index (χ0n) is 11.0. The monoisotopic (exact) mass is 295 g/mol. The van der Waals surface area contributed by atoms with Crippen LogP contribution in [0.3, 0.4) is 0 Å². The fraction of sp³-hybridized carbons (Fsp3) is 0.417. The van der Waals surface area contributed by atoms with Crippen LogP contribution in [0, 0.1) is 0 Å². The van der Waals surface area contributed by atoms with Crippen LogP contribution in [-0.2, 0) is 11.4 Å². The number of carboxylic acid groups (broad SMARTS) is 1. The molecule has 2 N–H and O–H groups in total. The molecule has 0 bridgehead atoms. The van der Waals surface area contributed by atoms with Gasteiger partial charge in [-0.1, -0.05) is 0 Å². The number of pyridine rings is 1. The summed E-state index contributed by atoms with van der Waals surface area (Å²) >= 11 is 0. The average Bonchev–Trinajstić information content (AvgIpc) is 2.67. The van der Waals surface area contributed by atoms with E-state index in [0.29, 0.717) is 26.3 Å². The first-order chi connectivity index (χ1) is 10.0. The Morgan fingerprint density at radius 3 is 2.67 bits per heavy atom. The Morgan fingerprint density at radius 1 is 1.24 bits per heavy atom. The van der Waals surface area contributed by atoms with Crippen LogP contribution in [0.2, 0.25) is 0 Å². The highest BCUT2D eigenvalue weighted by Gasteiger charge is 2.35. The van der Waals surface area contributed by atoms with Gasteiger partial charge in [-0.15, -0.1) is 0 Å². The van der Waals surface area contributed by atoms with Gasteiger partial charge in [0.15, 0.2) is 11.4 Å². The van der Waals surface area contributed by atoms with Crippen LogP contribution in [0.5, 0.6) is 5.75 Å². The predicted molar refractivity (Wildman–Crippen MR) is 67.9 cm³/mol. The van der Waals surface area contributed by atoms with Crippen molar-refractivity contribution in [3.05, 3.63) is 27.7 Å². The number of aromatic hydroxyl groups is 1. The number of ether oxygens (including phenoxy) is 1. The van der Waals surface area contributed by atoms with Gasteiger partial charge in [0.1, 0.15) is 5.56 Å². The van der Waals surface area contributed by atoms with Crippen molar-refractivity contribution in [1.82, 2.24) is 14.6 Å². The molecule has 1 fully saturated rings. The SMILES string of the molecule is O=C(O)c1cn2c(c(O)c1=O)C(=O)N1CCOCCN1C2. The van der Waals surface area contributed by atoms with E-state index >= 15 is 0 Å². The molecule has 3 rings (SSSR count). The summed E-state index contributed by atoms with van der Waals surface area (Å²) in [6, 6.07) is 0. The van der Waals surface area contributed by atoms with Gasteiger partial charge in [-0.3, -0.25) is 14.6 Å². The summed E-state index contributed by atoms with van der Waals surface area (Å²) in [4.78, 5) is 35.2. The number of carboxylic acids is 1. The molecule has 9 heteroatoms. The van der Waals surface area contributed by atoms with E-state index in [-0.39, 0.29) is 12.4 Å². The van der Waals surface area contributed by atoms with E-state index < -0.39 is 28.6 Å². The highest BCUT2D eigenvalue weighted by atomic mass is 16.5. The molecule has 1 aromatic heterocycles. The number of hydrazine groups is 1. The molecule has 2 aliphatic heterocycles. The van der Waals surface area contributed by atoms with E-state index in [4.69, 9.17) is 9.84 Å². The first kappa shape index (κ1) is 13.6. The topological polar surface area (TPSA) is 112 Å². The lowest BCUT2D eigenvalue weighted by atomic mass is 10.2. The third-order valence-corrected chi connectivity index (χ3v) is 3.52. The Kier molecular flexibility index (Phi) is 3.15. The number of rotatable bonds is 1. The van der Waals surface area contributed by atoms with Crippen LogP contribution in [0.15, 0.2) is 11.0 Å². The maximum atomic E-state index is 12.4. The van der Waals surface area contributed by atoms with E-state index in [1.807, 2.05) is 0 Å². The predicted octanol–water partition coefficient (Wildman–Crippen LogP) is -1.09. The third-order valence-electron chi connectivity index (χ3n) is 3.52. The van der Waals surface area contributed by atoms with Gasteiger partial charge < -0.3 is 19.5 Å². The number of aromatic carboxylic acids is 1. The van der Waals surface area contributed by atoms with Crippen molar-refractivity contribution >= 4 is 11.9 Å². The van der Waals surface area contributed by atoms with Gasteiger partial charge in [0.05, 0.1) is 26.4 Å². The molecule has 1 amide bonds. The summed E-state index contributed by atoms with van der Waals surface area (Å²) in [5, 5.41) is 22.0. The summed E-state index contributed by atoms with van der Waals surface area (Å²) in [6.45, 7) is 1.74. The van der Waals surface area contributed by atoms with Gasteiger partial charge >= 0.3 is 5.97 Å². The summed E-state index contributed by atoms with van der Waals surface area (Å²) in [7, 11) is 0. The number of hydrogen-bond donors (Lipinski definition) is 2. The maximum absolute atomic E-state index is 12.4. The lowest BCUT2D eigenvalue weighted by molar-refractivity contribution is -0.0351. The normalized spacial score (nSPS) is 18.9. The van der Waals surface area contributed by atoms with Gasteiger partial charge in [0.25, 0.3) is 5.91 Å². The molecule has 0 aromatic carbocycles. The standard InChI is InChI=1S/C12H13N3O6/c16-9-7(12(19)20)5-13-6-14-1-3-21-4-2-15(14)11(18)8(13)10(9)17/h5,17H,1-4,6H2,(H,19,20). The van der Waals surface area contributed by atoms with Crippen molar-refractivity contribution in [3.63, 3.8) is 0 Å². The molecular weight excluding hydrogens is 282 g/mol. The molecule has 0 saturated carbocycles. The smallest absolute Gasteiger partial charge is 0.341 e. The molecule has 21 heavy (non-hydrogen) atoms. The minimum atomic E-state index is -1.44. The fourth-order valence-electron chi connectivity index (χ4n) is 2.50. The second-order valence-corrected chi connectivity index (χ2v) is 4.76. The van der Waals surface area contributed by atoms with Crippen molar-refractivity contribution < 1.29 is 24.5 Å². The van der Waals surface area contributed by atoms with Gasteiger partial charge in [0.2, 0.25) is 5.43 Å². The number of amides is 1. The lowest BCUT2D eigenvalue weighted by Gasteiger charge is -2.38. The van der Waals surface area contributed by atoms with Gasteiger partial charge in [-0.05, 0) is 0 Å². The minimum Gasteiger partial charge on any atom is -0.503 e. The second kappa shape index (κ2) is 4.86. The number of carbonyl (C=O) groups excluding carboxylic acids is 1. The second-order valence-electron chi connectivity index (χ2n) is 4.76. The van der Waals surface area contributed by atoms with Crippen LogP contribution >= 0.6 is 0 Å². The molecule has 0 radical (unpaired) electrons. The van der Waals surface area contributed by atoms with Crippen molar-refractivity contribution in [2.75, 3.05) is 26.3 Å². The van der Waals surface area contributed by atoms with E-state index in [9.17, 15) is 19.5 Å². The van der Waals surface area contributed by atoms with E-state index in [1.54, 1.807) is 5.01 Å². The van der Waals surface area contributed by atoms with Gasteiger partial charge in [0, 0.05) is 12.7 Å². The summed E-state index contributed by atoms with van der Waals surface area (Å²) < 4.78 is 6.57. The van der Waals surface area contributed by atoms with Crippen LogP contribution in [-0.4, -0.2) is 63.0 Å². The molecule has 2 aliphatic rings. The molecule has 3 heterocycles. The average molecular weight is 295 g/mol. The molecule has 0 spiro atoms. The molecule has 112 valence electrons. The Bertz CT molecular complexity index is 682. The summed E-state index contributed by atoms with van der Waals surface area (Å²) in [6.07, 6.45) is 1.08. The van der Waals surface area contributed by atoms with Crippen LogP contribution in [0.4, 0.5) is 0 Å². The first-order valence-corrected chi connectivity index (χ1v) is 6.35. The van der Waals surface area contributed by atoms with Crippen molar-refractivity contribution in [1.29, 1.82) is 0 Å². The summed E-state index contributed by atoms with van der Waals surface area (Å²) in [5.41, 5.74) is -1.81. The zero-order chi connectivity index (χ0) is 15.1. The van der Waals surface area contributed by atoms with Crippen molar-refractivity contribution in [3.8, 4) is 5.75 Å². The van der Waals surface area contributed by atoms with Crippen molar-refractivity contribution in [2.45, 2.75) is 6.67 Å². The molecule has 0 aliphatic carbocycles. The van der Waals surface area contributed by atoms with Crippen LogP contribution in [0.1, 0.15) is 20.8 Å². The van der Waals surface area contributed by atoms with Gasteiger partial charge in [-0.25, -0.2) is 4.79 Å². The lowest BCUT2D eigenvalue weighted by Crippen LogP contribution is -2.53. The van der Waals surface area contributed by atoms with Crippen LogP contribution < -0.4 is 5.43 Å². The Balaban J connectivity index is 2.15. The highest BCUT2D eigenvalue weighted by molar-refractivity contribution is 5.97. The molecule has 0 atom stereocenters. The number of aromatic nitrogens is 1. The Morgan fingerprint density at radius 2 is 1.95 bits per heavy atom. The molecule has 1 saturated heterocycles. The number of carbonyl (C=O) groups is 2. The van der Waals surface area contributed by atoms with Gasteiger partial charge in [-0.2, -0.15) is 5.01 Å². The summed E-state index contributed by atoms with van der Waals surface area (Å²) in [5.74, 6) is -2.82. The fourth-order valence-corrected chi connectivity index (χ4v) is 2.50. The highest BCUT2D eigenvalue weighted by Crippen LogP contribution is 2.23. The minimum absolute atomic E-state index is 0.165. The third kappa shape index (κ3) is 2.06. The number of hydrogen-bond acceptors (Lipinski definition) is 6. The number of nitrogens with zero attached hydrogens (tertiary/aromatic N) is 3. The molecule has 9 nitrogen and oxygen atoms in total. The molecule has 0 unspecified atom stereocenters. The first-order valence-electron chi connectivity index (χ1n) is 6.35. The largest absolute Gasteiger partial charge is 0.503 e. The Hall–Kier alpha value is -2.39. The zero-order valence-corrected chi connectivity index (χ0v) is 11.0. The van der Waals surface area contributed by atoms with E-state index in [0.717, 1.165) is 6.20 Å². The Labute approximate surface area is 118 Å². The maximum Gasteiger partial charge on any atom is 0.341 e. The molecule has 1 aromatic rings. The van der Waals surface area contributed by atoms with Crippen LogP contribution in [0.25, 0.3) is 0 Å². The van der Waals surface area contributed by atoms with E-state index in [1.165, 1.54) is 9.58 Å². The van der Waals surface area contributed by atoms with Crippen molar-refractivity contribution in [2.24, 2.45) is 0 Å².